The van der Waals surface area contributed by atoms with Crippen molar-refractivity contribution in [3.05, 3.63) is 132 Å². The Hall–Kier alpha value is -4.11. The minimum absolute atomic E-state index is 0.0257. The van der Waals surface area contributed by atoms with Gasteiger partial charge in [-0.1, -0.05) is 97.1 Å². The predicted molar refractivity (Wildman–Crippen MR) is 130 cm³/mol. The molecule has 0 saturated heterocycles. The zero-order chi connectivity index (χ0) is 21.0. The smallest absolute Gasteiger partial charge is 0.134 e. The van der Waals surface area contributed by atoms with Crippen molar-refractivity contribution in [2.45, 2.75) is 6.04 Å². The summed E-state index contributed by atoms with van der Waals surface area (Å²) >= 11 is 0. The first-order chi connectivity index (χ1) is 15.3. The highest BCUT2D eigenvalue weighted by Crippen LogP contribution is 2.29. The van der Waals surface area contributed by atoms with Crippen LogP contribution in [0.15, 0.2) is 120 Å². The highest BCUT2D eigenvalue weighted by atomic mass is 15.0. The second-order valence-electron chi connectivity index (χ2n) is 7.61. The molecule has 3 nitrogen and oxygen atoms in total. The molecule has 1 aliphatic rings. The van der Waals surface area contributed by atoms with Gasteiger partial charge in [0.2, 0.25) is 0 Å². The second kappa shape index (κ2) is 8.33. The van der Waals surface area contributed by atoms with E-state index >= 15 is 0 Å². The number of rotatable bonds is 4. The lowest BCUT2D eigenvalue weighted by molar-refractivity contribution is 0.781. The van der Waals surface area contributed by atoms with Gasteiger partial charge in [-0.3, -0.25) is 0 Å². The average Bonchev–Trinajstić information content (AvgIpc) is 2.85. The molecule has 1 unspecified atom stereocenters. The maximum atomic E-state index is 5.95. The van der Waals surface area contributed by atoms with Crippen molar-refractivity contribution in [3.8, 4) is 11.1 Å². The number of hydrogen-bond donors (Lipinski definition) is 2. The normalized spacial score (nSPS) is 15.5. The van der Waals surface area contributed by atoms with E-state index in [1.54, 1.807) is 0 Å². The van der Waals surface area contributed by atoms with Gasteiger partial charge in [-0.05, 0) is 40.5 Å². The van der Waals surface area contributed by atoms with Crippen LogP contribution in [-0.2, 0) is 0 Å². The van der Waals surface area contributed by atoms with Crippen molar-refractivity contribution < 1.29 is 0 Å². The fourth-order valence-corrected chi connectivity index (χ4v) is 3.83. The standard InChI is InChI=1S/C28H23N3/c29-25-13-7-12-24(18-25)20-14-16-22(17-15-20)27-19-26(21-8-3-1-4-9-21)30-28(31-27)23-10-5-2-6-11-23/h1-19,27H,29H2,(H,30,31). The van der Waals surface area contributed by atoms with Gasteiger partial charge in [0.15, 0.2) is 0 Å². The number of aliphatic imine (C=N–C) groups is 1. The summed E-state index contributed by atoms with van der Waals surface area (Å²) in [7, 11) is 0. The van der Waals surface area contributed by atoms with Gasteiger partial charge in [0.25, 0.3) is 0 Å². The molecule has 0 bridgehead atoms. The Morgan fingerprint density at radius 3 is 1.94 bits per heavy atom. The van der Waals surface area contributed by atoms with Crippen LogP contribution in [0.1, 0.15) is 22.7 Å². The van der Waals surface area contributed by atoms with Crippen LogP contribution < -0.4 is 11.1 Å². The SMILES string of the molecule is Nc1cccc(-c2ccc(C3C=C(c4ccccc4)N=C(c4ccccc4)N3)cc2)c1. The molecule has 0 radical (unpaired) electrons. The van der Waals surface area contributed by atoms with Crippen LogP contribution >= 0.6 is 0 Å². The fourth-order valence-electron chi connectivity index (χ4n) is 3.83. The van der Waals surface area contributed by atoms with Crippen molar-refractivity contribution in [1.82, 2.24) is 5.32 Å². The summed E-state index contributed by atoms with van der Waals surface area (Å²) in [6, 6.07) is 37.2. The van der Waals surface area contributed by atoms with Crippen molar-refractivity contribution in [2.24, 2.45) is 4.99 Å². The number of amidine groups is 1. The lowest BCUT2D eigenvalue weighted by Crippen LogP contribution is -2.31. The molecule has 31 heavy (non-hydrogen) atoms. The van der Waals surface area contributed by atoms with E-state index in [1.807, 2.05) is 54.6 Å². The molecule has 3 heteroatoms. The van der Waals surface area contributed by atoms with Crippen LogP contribution in [0.4, 0.5) is 5.69 Å². The number of benzene rings is 4. The molecular weight excluding hydrogens is 378 g/mol. The molecule has 0 fully saturated rings. The van der Waals surface area contributed by atoms with E-state index in [9.17, 15) is 0 Å². The van der Waals surface area contributed by atoms with Gasteiger partial charge in [0.1, 0.15) is 5.84 Å². The Kier molecular flexibility index (Phi) is 5.07. The Morgan fingerprint density at radius 1 is 0.613 bits per heavy atom. The molecule has 0 spiro atoms. The van der Waals surface area contributed by atoms with E-state index in [1.165, 1.54) is 5.56 Å². The van der Waals surface area contributed by atoms with Gasteiger partial charge < -0.3 is 11.1 Å². The Balaban J connectivity index is 1.51. The summed E-state index contributed by atoms with van der Waals surface area (Å²) < 4.78 is 0. The Labute approximate surface area is 182 Å². The molecule has 1 aliphatic heterocycles. The van der Waals surface area contributed by atoms with Crippen LogP contribution in [0.5, 0.6) is 0 Å². The molecule has 4 aromatic carbocycles. The van der Waals surface area contributed by atoms with E-state index in [0.29, 0.717) is 0 Å². The van der Waals surface area contributed by atoms with E-state index in [4.69, 9.17) is 10.7 Å². The minimum atomic E-state index is 0.0257. The van der Waals surface area contributed by atoms with Gasteiger partial charge >= 0.3 is 0 Å². The van der Waals surface area contributed by atoms with Gasteiger partial charge in [0.05, 0.1) is 11.7 Å². The van der Waals surface area contributed by atoms with E-state index in [0.717, 1.165) is 39.5 Å². The average molecular weight is 402 g/mol. The lowest BCUT2D eigenvalue weighted by Gasteiger charge is -2.24. The fraction of sp³-hybridized carbons (Fsp3) is 0.0357. The molecule has 4 aromatic rings. The van der Waals surface area contributed by atoms with Crippen molar-refractivity contribution in [1.29, 1.82) is 0 Å². The first-order valence-electron chi connectivity index (χ1n) is 10.4. The summed E-state index contributed by atoms with van der Waals surface area (Å²) in [6.45, 7) is 0. The summed E-state index contributed by atoms with van der Waals surface area (Å²) in [5, 5.41) is 3.61. The van der Waals surface area contributed by atoms with E-state index in [-0.39, 0.29) is 6.04 Å². The minimum Gasteiger partial charge on any atom is -0.399 e. The molecular formula is C28H23N3. The third-order valence-corrected chi connectivity index (χ3v) is 5.46. The van der Waals surface area contributed by atoms with Crippen LogP contribution in [0.25, 0.3) is 16.8 Å². The van der Waals surface area contributed by atoms with Gasteiger partial charge in [-0.25, -0.2) is 4.99 Å². The van der Waals surface area contributed by atoms with Crippen LogP contribution in [0, 0.1) is 0 Å². The topological polar surface area (TPSA) is 50.4 Å². The highest BCUT2D eigenvalue weighted by Gasteiger charge is 2.19. The summed E-state index contributed by atoms with van der Waals surface area (Å²) in [4.78, 5) is 4.93. The second-order valence-corrected chi connectivity index (χ2v) is 7.61. The molecule has 1 heterocycles. The number of nitrogens with one attached hydrogen (secondary N) is 1. The highest BCUT2D eigenvalue weighted by molar-refractivity contribution is 6.03. The van der Waals surface area contributed by atoms with Crippen LogP contribution in [0.2, 0.25) is 0 Å². The third kappa shape index (κ3) is 4.12. The molecule has 3 N–H and O–H groups in total. The van der Waals surface area contributed by atoms with Crippen molar-refractivity contribution in [2.75, 3.05) is 5.73 Å². The molecule has 150 valence electrons. The lowest BCUT2D eigenvalue weighted by atomic mass is 9.97. The Bertz CT molecular complexity index is 1240. The number of nitrogen functional groups attached to an aromatic ring is 1. The molecule has 1 atom stereocenters. The molecule has 5 rings (SSSR count). The number of nitrogens with zero attached hydrogens (tertiary/aromatic N) is 1. The maximum Gasteiger partial charge on any atom is 0.134 e. The largest absolute Gasteiger partial charge is 0.399 e. The first kappa shape index (κ1) is 18.9. The molecule has 0 aliphatic carbocycles. The van der Waals surface area contributed by atoms with Crippen LogP contribution in [0.3, 0.4) is 0 Å². The maximum absolute atomic E-state index is 5.95. The van der Waals surface area contributed by atoms with Gasteiger partial charge in [0, 0.05) is 11.3 Å². The number of hydrogen-bond acceptors (Lipinski definition) is 3. The molecule has 0 saturated carbocycles. The summed E-state index contributed by atoms with van der Waals surface area (Å²) in [5.74, 6) is 0.881. The first-order valence-corrected chi connectivity index (χ1v) is 10.4. The van der Waals surface area contributed by atoms with Crippen molar-refractivity contribution in [3.63, 3.8) is 0 Å². The summed E-state index contributed by atoms with van der Waals surface area (Å²) in [6.07, 6.45) is 2.19. The quantitative estimate of drug-likeness (QED) is 0.408. The predicted octanol–water partition coefficient (Wildman–Crippen LogP) is 6.07. The monoisotopic (exact) mass is 401 g/mol. The zero-order valence-electron chi connectivity index (χ0n) is 17.1. The molecule has 0 amide bonds. The zero-order valence-corrected chi connectivity index (χ0v) is 17.1. The molecule has 0 aromatic heterocycles. The van der Waals surface area contributed by atoms with Crippen LogP contribution in [-0.4, -0.2) is 5.84 Å². The van der Waals surface area contributed by atoms with Gasteiger partial charge in [-0.2, -0.15) is 0 Å². The van der Waals surface area contributed by atoms with E-state index in [2.05, 4.69) is 66.0 Å². The van der Waals surface area contributed by atoms with E-state index < -0.39 is 0 Å². The van der Waals surface area contributed by atoms with Gasteiger partial charge in [-0.15, -0.1) is 0 Å². The Morgan fingerprint density at radius 2 is 1.26 bits per heavy atom. The third-order valence-electron chi connectivity index (χ3n) is 5.46. The summed E-state index contributed by atoms with van der Waals surface area (Å²) in [5.41, 5.74) is 13.3. The number of nitrogens with two attached hydrogens (primary N) is 1. The van der Waals surface area contributed by atoms with Crippen molar-refractivity contribution >= 4 is 17.2 Å². The number of anilines is 1.